The molecule has 0 fully saturated rings. The van der Waals surface area contributed by atoms with Gasteiger partial charge in [-0.2, -0.15) is 0 Å². The fraction of sp³-hybridized carbons (Fsp3) is 0. The lowest BCUT2D eigenvalue weighted by atomic mass is 9.83. The monoisotopic (exact) mass is 950 g/mol. The molecule has 2 heteroatoms. The lowest BCUT2D eigenvalue weighted by Gasteiger charge is -2.42. The predicted molar refractivity (Wildman–Crippen MR) is 311 cm³/mol. The van der Waals surface area contributed by atoms with Gasteiger partial charge in [0.15, 0.2) is 8.07 Å². The zero-order chi connectivity index (χ0) is 47.9. The molecular formula is C70H50SSi. The van der Waals surface area contributed by atoms with Crippen molar-refractivity contribution in [2.75, 3.05) is 0 Å². The molecular weight excluding hydrogens is 901 g/mol. The van der Waals surface area contributed by atoms with Gasteiger partial charge in [0.1, 0.15) is 0 Å². The topological polar surface area (TPSA) is 0 Å². The highest BCUT2D eigenvalue weighted by molar-refractivity contribution is 8.34. The molecule has 0 aliphatic carbocycles. The summed E-state index contributed by atoms with van der Waals surface area (Å²) in [6.45, 7) is 0. The fourth-order valence-corrected chi connectivity index (χ4v) is 20.5. The molecule has 340 valence electrons. The summed E-state index contributed by atoms with van der Waals surface area (Å²) in [5.74, 6) is 0. The minimum Gasteiger partial charge on any atom is -0.133 e. The van der Waals surface area contributed by atoms with Crippen LogP contribution in [0.25, 0.3) is 65.3 Å². The first-order chi connectivity index (χ1) is 35.7. The van der Waals surface area contributed by atoms with E-state index in [1.54, 1.807) is 0 Å². The van der Waals surface area contributed by atoms with Crippen molar-refractivity contribution in [3.63, 3.8) is 0 Å². The van der Waals surface area contributed by atoms with Gasteiger partial charge in [-0.15, -0.1) is 10.0 Å². The van der Waals surface area contributed by atoms with Crippen molar-refractivity contribution < 1.29 is 0 Å². The highest BCUT2D eigenvalue weighted by Crippen LogP contribution is 2.73. The Morgan fingerprint density at radius 2 is 0.556 bits per heavy atom. The van der Waals surface area contributed by atoms with Crippen molar-refractivity contribution >= 4 is 81.9 Å². The van der Waals surface area contributed by atoms with Crippen LogP contribution in [-0.2, 0) is 0 Å². The van der Waals surface area contributed by atoms with Crippen LogP contribution in [-0.4, -0.2) is 8.07 Å². The summed E-state index contributed by atoms with van der Waals surface area (Å²) < 4.78 is 0. The fourth-order valence-electron chi connectivity index (χ4n) is 11.9. The van der Waals surface area contributed by atoms with Gasteiger partial charge in [-0.05, 0) is 135 Å². The molecule has 13 aromatic rings. The minimum atomic E-state index is -2.95. The van der Waals surface area contributed by atoms with Gasteiger partial charge in [-0.25, -0.2) is 0 Å². The van der Waals surface area contributed by atoms with Crippen LogP contribution in [0.5, 0.6) is 0 Å². The Bertz CT molecular complexity index is 3590. The van der Waals surface area contributed by atoms with Gasteiger partial charge in [-0.3, -0.25) is 0 Å². The van der Waals surface area contributed by atoms with Gasteiger partial charge in [0.05, 0.1) is 0 Å². The Balaban J connectivity index is 1.24. The SMILES string of the molecule is c1ccc([Si](c2ccccc2)(c2ccccc2)c2ccc3c(-c4cccc5ccccc45)c4cc(S(c5ccccc5)(c5ccccc5)c5ccccc5)ccc4c(-c4cccc5ccccc45)c3c2)cc1. The number of benzene rings is 13. The molecule has 0 heterocycles. The molecule has 0 aromatic heterocycles. The summed E-state index contributed by atoms with van der Waals surface area (Å²) in [5, 5.41) is 15.3. The first-order valence-electron chi connectivity index (χ1n) is 24.9. The maximum absolute atomic E-state index is 2.95. The third-order valence-corrected chi connectivity index (χ3v) is 23.6. The molecule has 0 nitrogen and oxygen atoms in total. The summed E-state index contributed by atoms with van der Waals surface area (Å²) in [5.41, 5.74) is 4.97. The first kappa shape index (κ1) is 43.5. The molecule has 0 unspecified atom stereocenters. The van der Waals surface area contributed by atoms with Crippen LogP contribution in [0.15, 0.2) is 323 Å². The zero-order valence-corrected chi connectivity index (χ0v) is 41.6. The van der Waals surface area contributed by atoms with Crippen molar-refractivity contribution in [1.29, 1.82) is 0 Å². The van der Waals surface area contributed by atoms with Gasteiger partial charge in [0, 0.05) is 19.6 Å². The number of rotatable bonds is 10. The van der Waals surface area contributed by atoms with Crippen LogP contribution in [0.3, 0.4) is 0 Å². The minimum absolute atomic E-state index is 1.23. The van der Waals surface area contributed by atoms with E-state index < -0.39 is 18.1 Å². The molecule has 13 aromatic carbocycles. The van der Waals surface area contributed by atoms with Crippen molar-refractivity contribution in [1.82, 2.24) is 0 Å². The molecule has 0 aliphatic heterocycles. The zero-order valence-electron chi connectivity index (χ0n) is 39.8. The van der Waals surface area contributed by atoms with Crippen molar-refractivity contribution in [2.45, 2.75) is 19.6 Å². The van der Waals surface area contributed by atoms with E-state index in [1.807, 2.05) is 0 Å². The van der Waals surface area contributed by atoms with E-state index in [1.165, 1.54) is 106 Å². The van der Waals surface area contributed by atoms with Gasteiger partial charge < -0.3 is 0 Å². The number of hydrogen-bond acceptors (Lipinski definition) is 0. The van der Waals surface area contributed by atoms with Crippen LogP contribution < -0.4 is 20.7 Å². The Kier molecular flexibility index (Phi) is 11.1. The Morgan fingerprint density at radius 3 is 0.986 bits per heavy atom. The van der Waals surface area contributed by atoms with Gasteiger partial charge in [0.25, 0.3) is 0 Å². The van der Waals surface area contributed by atoms with Gasteiger partial charge in [0.2, 0.25) is 0 Å². The first-order valence-corrected chi connectivity index (χ1v) is 28.5. The quantitative estimate of drug-likeness (QED) is 0.0728. The Morgan fingerprint density at radius 1 is 0.208 bits per heavy atom. The molecule has 72 heavy (non-hydrogen) atoms. The molecule has 0 spiro atoms. The largest absolute Gasteiger partial charge is 0.179 e. The number of hydrogen-bond donors (Lipinski definition) is 0. The van der Waals surface area contributed by atoms with Crippen LogP contribution >= 0.6 is 10.0 Å². The van der Waals surface area contributed by atoms with Gasteiger partial charge in [-0.1, -0.05) is 255 Å². The summed E-state index contributed by atoms with van der Waals surface area (Å²) >= 11 is 0. The molecule has 0 saturated heterocycles. The third-order valence-electron chi connectivity index (χ3n) is 14.9. The summed E-state index contributed by atoms with van der Waals surface area (Å²) in [4.78, 5) is 5.20. The normalized spacial score (nSPS) is 12.1. The smallest absolute Gasteiger partial charge is 0.133 e. The van der Waals surface area contributed by atoms with E-state index in [4.69, 9.17) is 0 Å². The second-order valence-electron chi connectivity index (χ2n) is 18.7. The molecule has 13 rings (SSSR count). The second-order valence-corrected chi connectivity index (χ2v) is 25.6. The van der Waals surface area contributed by atoms with Gasteiger partial charge >= 0.3 is 0 Å². The van der Waals surface area contributed by atoms with E-state index in [9.17, 15) is 0 Å². The van der Waals surface area contributed by atoms with E-state index in [0.29, 0.717) is 0 Å². The van der Waals surface area contributed by atoms with Crippen LogP contribution in [0, 0.1) is 0 Å². The maximum Gasteiger partial charge on any atom is 0.179 e. The van der Waals surface area contributed by atoms with Crippen LogP contribution in [0.1, 0.15) is 0 Å². The Labute approximate surface area is 424 Å². The molecule has 0 N–H and O–H groups in total. The Hall–Kier alpha value is -8.53. The molecule has 0 amide bonds. The molecule has 0 radical (unpaired) electrons. The molecule has 0 atom stereocenters. The van der Waals surface area contributed by atoms with Crippen LogP contribution in [0.2, 0.25) is 0 Å². The summed E-state index contributed by atoms with van der Waals surface area (Å²) in [6.07, 6.45) is 0. The van der Waals surface area contributed by atoms with E-state index in [0.717, 1.165) is 0 Å². The summed E-state index contributed by atoms with van der Waals surface area (Å²) in [7, 11) is -4.97. The summed E-state index contributed by atoms with van der Waals surface area (Å²) in [6, 6.07) is 114. The van der Waals surface area contributed by atoms with Crippen molar-refractivity contribution in [2.24, 2.45) is 0 Å². The number of fused-ring (bicyclic) bond motifs is 4. The molecule has 0 aliphatic rings. The molecule has 0 bridgehead atoms. The van der Waals surface area contributed by atoms with E-state index in [2.05, 4.69) is 303 Å². The van der Waals surface area contributed by atoms with Crippen molar-refractivity contribution in [3.8, 4) is 22.3 Å². The maximum atomic E-state index is 2.61. The average molecular weight is 951 g/mol. The highest BCUT2D eigenvalue weighted by atomic mass is 32.3. The second kappa shape index (κ2) is 18.3. The highest BCUT2D eigenvalue weighted by Gasteiger charge is 2.42. The van der Waals surface area contributed by atoms with Crippen LogP contribution in [0.4, 0.5) is 0 Å². The lowest BCUT2D eigenvalue weighted by Crippen LogP contribution is -2.74. The third kappa shape index (κ3) is 6.98. The van der Waals surface area contributed by atoms with E-state index in [-0.39, 0.29) is 0 Å². The lowest BCUT2D eigenvalue weighted by molar-refractivity contribution is 1.25. The standard InChI is InChI=1S/C70H50SSi/c1-7-29-53(30-8-1)71(54-31-9-2-10-32-54,55-33-11-3-12-34-55)56-45-47-65-67(49-56)69(63-43-23-27-51-25-19-21-41-61(51)63)66-48-46-60(50-68(66)70(65)64-44-24-28-52-26-20-22-42-62(52)64)72(57-35-13-4-14-36-57,58-37-15-5-16-38-58)59-39-17-6-18-40-59/h1-50H. The van der Waals surface area contributed by atoms with Crippen molar-refractivity contribution in [3.05, 3.63) is 303 Å². The predicted octanol–water partition coefficient (Wildman–Crippen LogP) is 16.4. The average Bonchev–Trinajstić information content (AvgIpc) is 3.46. The molecule has 0 saturated carbocycles. The van der Waals surface area contributed by atoms with E-state index >= 15 is 0 Å².